The minimum Gasteiger partial charge on any atom is -0.344 e. The molecule has 0 fully saturated rings. The fourth-order valence-corrected chi connectivity index (χ4v) is 4.96. The highest BCUT2D eigenvalue weighted by atomic mass is 31.2. The number of carbonyl (C=O) groups is 1. The van der Waals surface area contributed by atoms with Crippen LogP contribution in [-0.2, 0) is 20.3 Å². The van der Waals surface area contributed by atoms with E-state index in [1.165, 1.54) is 6.92 Å². The zero-order chi connectivity index (χ0) is 16.7. The minimum absolute atomic E-state index is 0.221. The van der Waals surface area contributed by atoms with E-state index in [2.05, 4.69) is 5.32 Å². The standard InChI is InChI=1S/C18H22NO3P/c1-3-22-23(21,17-12-8-5-9-13-17)18(19-15(2)20)14-16-10-6-4-7-11-16/h4-13,18H,3,14H2,1-2H3,(H,19,20)/t18-,23+/m1/s1. The van der Waals surface area contributed by atoms with Crippen LogP contribution in [0.25, 0.3) is 0 Å². The van der Waals surface area contributed by atoms with Gasteiger partial charge in [-0.05, 0) is 24.6 Å². The molecular weight excluding hydrogens is 309 g/mol. The average Bonchev–Trinajstić information content (AvgIpc) is 2.56. The van der Waals surface area contributed by atoms with Crippen molar-refractivity contribution in [3.8, 4) is 0 Å². The molecule has 0 bridgehead atoms. The van der Waals surface area contributed by atoms with Crippen LogP contribution in [0.5, 0.6) is 0 Å². The van der Waals surface area contributed by atoms with Crippen molar-refractivity contribution in [3.63, 3.8) is 0 Å². The summed E-state index contributed by atoms with van der Waals surface area (Å²) in [5, 5.41) is 3.45. The molecule has 0 unspecified atom stereocenters. The molecule has 0 aromatic heterocycles. The second kappa shape index (κ2) is 8.09. The first-order chi connectivity index (χ1) is 11.1. The van der Waals surface area contributed by atoms with E-state index in [1.807, 2.05) is 55.5 Å². The number of rotatable bonds is 7. The lowest BCUT2D eigenvalue weighted by Gasteiger charge is -2.28. The maximum Gasteiger partial charge on any atom is 0.254 e. The first-order valence-corrected chi connectivity index (χ1v) is 9.36. The molecule has 23 heavy (non-hydrogen) atoms. The van der Waals surface area contributed by atoms with Crippen molar-refractivity contribution in [1.29, 1.82) is 0 Å². The first-order valence-electron chi connectivity index (χ1n) is 7.67. The number of hydrogen-bond acceptors (Lipinski definition) is 3. The molecule has 1 amide bonds. The maximum atomic E-state index is 13.6. The Bertz CT molecular complexity index is 673. The van der Waals surface area contributed by atoms with E-state index >= 15 is 0 Å². The molecule has 0 heterocycles. The van der Waals surface area contributed by atoms with Gasteiger partial charge in [-0.1, -0.05) is 48.5 Å². The zero-order valence-corrected chi connectivity index (χ0v) is 14.3. The molecule has 1 N–H and O–H groups in total. The van der Waals surface area contributed by atoms with Crippen molar-refractivity contribution in [1.82, 2.24) is 5.32 Å². The Hall–Kier alpha value is -1.90. The second-order valence-electron chi connectivity index (χ2n) is 5.26. The first kappa shape index (κ1) is 17.5. The predicted octanol–water partition coefficient (Wildman–Crippen LogP) is 3.33. The van der Waals surface area contributed by atoms with E-state index in [0.29, 0.717) is 18.3 Å². The zero-order valence-electron chi connectivity index (χ0n) is 13.4. The van der Waals surface area contributed by atoms with Crippen molar-refractivity contribution in [2.75, 3.05) is 6.61 Å². The van der Waals surface area contributed by atoms with Crippen LogP contribution in [-0.4, -0.2) is 18.3 Å². The van der Waals surface area contributed by atoms with E-state index in [1.54, 1.807) is 12.1 Å². The lowest BCUT2D eigenvalue weighted by atomic mass is 10.1. The molecule has 2 atom stereocenters. The fraction of sp³-hybridized carbons (Fsp3) is 0.278. The van der Waals surface area contributed by atoms with E-state index in [-0.39, 0.29) is 5.91 Å². The summed E-state index contributed by atoms with van der Waals surface area (Å²) in [6.07, 6.45) is 0.451. The molecule has 5 heteroatoms. The predicted molar refractivity (Wildman–Crippen MR) is 93.1 cm³/mol. The number of carbonyl (C=O) groups excluding carboxylic acids is 1. The molecule has 0 aliphatic carbocycles. The molecule has 0 aliphatic rings. The van der Waals surface area contributed by atoms with Crippen molar-refractivity contribution < 1.29 is 13.9 Å². The Morgan fingerprint density at radius 1 is 1.09 bits per heavy atom. The maximum absolute atomic E-state index is 13.6. The Balaban J connectivity index is 2.40. The quantitative estimate of drug-likeness (QED) is 0.792. The van der Waals surface area contributed by atoms with Crippen LogP contribution in [0, 0.1) is 0 Å². The Labute approximate surface area is 137 Å². The Morgan fingerprint density at radius 3 is 2.17 bits per heavy atom. The van der Waals surface area contributed by atoms with Gasteiger partial charge in [0.1, 0.15) is 5.78 Å². The van der Waals surface area contributed by atoms with Gasteiger partial charge in [0.05, 0.1) is 6.61 Å². The third-order valence-corrected chi connectivity index (χ3v) is 6.28. The number of hydrogen-bond donors (Lipinski definition) is 1. The van der Waals surface area contributed by atoms with Crippen molar-refractivity contribution in [2.45, 2.75) is 26.1 Å². The van der Waals surface area contributed by atoms with Crippen LogP contribution in [0.3, 0.4) is 0 Å². The average molecular weight is 331 g/mol. The van der Waals surface area contributed by atoms with Crippen molar-refractivity contribution in [2.24, 2.45) is 0 Å². The summed E-state index contributed by atoms with van der Waals surface area (Å²) in [4.78, 5) is 11.6. The largest absolute Gasteiger partial charge is 0.344 e. The van der Waals surface area contributed by atoms with Gasteiger partial charge >= 0.3 is 0 Å². The van der Waals surface area contributed by atoms with Crippen LogP contribution in [0.1, 0.15) is 19.4 Å². The highest BCUT2D eigenvalue weighted by Crippen LogP contribution is 2.50. The van der Waals surface area contributed by atoms with Crippen LogP contribution in [0.4, 0.5) is 0 Å². The molecule has 4 nitrogen and oxygen atoms in total. The molecule has 0 spiro atoms. The summed E-state index contributed by atoms with van der Waals surface area (Å²) in [5.74, 6) is -0.813. The van der Waals surface area contributed by atoms with Crippen molar-refractivity contribution in [3.05, 3.63) is 66.2 Å². The number of nitrogens with one attached hydrogen (secondary N) is 1. The molecule has 122 valence electrons. The van der Waals surface area contributed by atoms with E-state index in [4.69, 9.17) is 4.52 Å². The molecule has 0 saturated carbocycles. The summed E-state index contributed by atoms with van der Waals surface area (Å²) in [7, 11) is -3.23. The Kier molecular flexibility index (Phi) is 6.14. The highest BCUT2D eigenvalue weighted by molar-refractivity contribution is 7.67. The van der Waals surface area contributed by atoms with Gasteiger partial charge in [-0.25, -0.2) is 0 Å². The molecule has 0 radical (unpaired) electrons. The molecule has 2 aromatic rings. The van der Waals surface area contributed by atoms with Gasteiger partial charge in [0.25, 0.3) is 7.37 Å². The smallest absolute Gasteiger partial charge is 0.254 e. The molecule has 0 saturated heterocycles. The van der Waals surface area contributed by atoms with Crippen LogP contribution >= 0.6 is 7.37 Å². The fourth-order valence-electron chi connectivity index (χ4n) is 2.50. The minimum atomic E-state index is -3.23. The van der Waals surface area contributed by atoms with Crippen LogP contribution in [0.2, 0.25) is 0 Å². The Morgan fingerprint density at radius 2 is 1.65 bits per heavy atom. The highest BCUT2D eigenvalue weighted by Gasteiger charge is 2.36. The number of amides is 1. The summed E-state index contributed by atoms with van der Waals surface area (Å²) < 4.78 is 19.3. The third kappa shape index (κ3) is 4.54. The lowest BCUT2D eigenvalue weighted by Crippen LogP contribution is -2.38. The van der Waals surface area contributed by atoms with Gasteiger partial charge in [-0.15, -0.1) is 0 Å². The van der Waals surface area contributed by atoms with Gasteiger partial charge in [-0.3, -0.25) is 9.36 Å². The van der Waals surface area contributed by atoms with Gasteiger partial charge < -0.3 is 9.84 Å². The summed E-state index contributed by atoms with van der Waals surface area (Å²) >= 11 is 0. The normalized spacial score (nSPS) is 14.7. The SMILES string of the molecule is CCO[P@@](=O)(c1ccccc1)[C@H](Cc1ccccc1)NC(C)=O. The van der Waals surface area contributed by atoms with E-state index < -0.39 is 13.2 Å². The number of benzene rings is 2. The summed E-state index contributed by atoms with van der Waals surface area (Å²) in [6, 6.07) is 18.8. The molecule has 2 rings (SSSR count). The van der Waals surface area contributed by atoms with Gasteiger partial charge in [0.15, 0.2) is 0 Å². The van der Waals surface area contributed by atoms with Crippen LogP contribution in [0.15, 0.2) is 60.7 Å². The van der Waals surface area contributed by atoms with Crippen molar-refractivity contribution >= 4 is 18.6 Å². The third-order valence-electron chi connectivity index (χ3n) is 3.49. The monoisotopic (exact) mass is 331 g/mol. The van der Waals surface area contributed by atoms with Gasteiger partial charge in [-0.2, -0.15) is 0 Å². The summed E-state index contributed by atoms with van der Waals surface area (Å²) in [5.41, 5.74) is 1.00. The molecule has 2 aromatic carbocycles. The lowest BCUT2D eigenvalue weighted by molar-refractivity contribution is -0.119. The van der Waals surface area contributed by atoms with Gasteiger partial charge in [0, 0.05) is 18.6 Å². The molecule has 0 aliphatic heterocycles. The van der Waals surface area contributed by atoms with E-state index in [9.17, 15) is 9.36 Å². The summed E-state index contributed by atoms with van der Waals surface area (Å²) in [6.45, 7) is 3.55. The van der Waals surface area contributed by atoms with Gasteiger partial charge in [0.2, 0.25) is 5.91 Å². The topological polar surface area (TPSA) is 55.4 Å². The van der Waals surface area contributed by atoms with E-state index in [0.717, 1.165) is 5.56 Å². The second-order valence-corrected chi connectivity index (χ2v) is 7.85. The molecular formula is C18H22NO3P. The van der Waals surface area contributed by atoms with Crippen LogP contribution < -0.4 is 10.6 Å².